The second kappa shape index (κ2) is 8.21. The van der Waals surface area contributed by atoms with Gasteiger partial charge in [0.05, 0.1) is 30.5 Å². The van der Waals surface area contributed by atoms with Gasteiger partial charge in [-0.25, -0.2) is 9.37 Å². The van der Waals surface area contributed by atoms with Crippen molar-refractivity contribution in [3.05, 3.63) is 71.7 Å². The number of nitriles is 1. The number of aromatic nitrogens is 3. The second-order valence-corrected chi connectivity index (χ2v) is 7.49. The van der Waals surface area contributed by atoms with Gasteiger partial charge in [0.15, 0.2) is 5.65 Å². The van der Waals surface area contributed by atoms with Crippen molar-refractivity contribution in [2.45, 2.75) is 0 Å². The van der Waals surface area contributed by atoms with Gasteiger partial charge < -0.3 is 9.64 Å². The first kappa shape index (κ1) is 19.8. The van der Waals surface area contributed by atoms with Crippen molar-refractivity contribution in [3.63, 3.8) is 0 Å². The van der Waals surface area contributed by atoms with E-state index in [1.807, 2.05) is 30.3 Å². The Morgan fingerprint density at radius 2 is 1.97 bits per heavy atom. The Morgan fingerprint density at radius 1 is 1.12 bits per heavy atom. The smallest absolute Gasteiger partial charge is 0.254 e. The molecule has 158 valence electrons. The first-order valence-corrected chi connectivity index (χ1v) is 10.2. The monoisotopic (exact) mass is 427 g/mol. The lowest BCUT2D eigenvalue weighted by Crippen LogP contribution is -2.40. The zero-order valence-electron chi connectivity index (χ0n) is 17.0. The lowest BCUT2D eigenvalue weighted by atomic mass is 10.0. The van der Waals surface area contributed by atoms with Gasteiger partial charge in [0, 0.05) is 41.4 Å². The number of hydrogen-bond donors (Lipinski definition) is 1. The lowest BCUT2D eigenvalue weighted by Gasteiger charge is -2.27. The van der Waals surface area contributed by atoms with Gasteiger partial charge in [-0.2, -0.15) is 10.4 Å². The van der Waals surface area contributed by atoms with Crippen LogP contribution in [0.1, 0.15) is 15.9 Å². The Kier molecular flexibility index (Phi) is 5.09. The quantitative estimate of drug-likeness (QED) is 0.537. The van der Waals surface area contributed by atoms with Crippen LogP contribution < -0.4 is 0 Å². The number of carbonyl (C=O) groups excluding carboxylic acids is 1. The largest absolute Gasteiger partial charge is 0.378 e. The molecule has 5 rings (SSSR count). The molecule has 1 aliphatic rings. The summed E-state index contributed by atoms with van der Waals surface area (Å²) < 4.78 is 19.8. The van der Waals surface area contributed by atoms with Crippen molar-refractivity contribution in [2.24, 2.45) is 0 Å². The summed E-state index contributed by atoms with van der Waals surface area (Å²) in [5, 5.41) is 16.8. The highest BCUT2D eigenvalue weighted by molar-refractivity contribution is 5.97. The minimum absolute atomic E-state index is 0.0384. The van der Waals surface area contributed by atoms with E-state index in [0.717, 1.165) is 11.1 Å². The average molecular weight is 427 g/mol. The number of nitrogens with one attached hydrogen (secondary N) is 1. The van der Waals surface area contributed by atoms with Crippen LogP contribution in [0.15, 0.2) is 54.7 Å². The minimum Gasteiger partial charge on any atom is -0.378 e. The Hall–Kier alpha value is -4.09. The third-order valence-corrected chi connectivity index (χ3v) is 5.52. The first-order valence-electron chi connectivity index (χ1n) is 10.2. The van der Waals surface area contributed by atoms with Crippen molar-refractivity contribution in [1.29, 1.82) is 5.26 Å². The van der Waals surface area contributed by atoms with E-state index in [1.54, 1.807) is 17.2 Å². The SMILES string of the molecule is N#Cc1ccc(F)c(-c2[nH]nc3ncc(-c4cccc(C(=O)N5CCOCC5)c4)cc23)c1. The number of morpholine rings is 1. The van der Waals surface area contributed by atoms with Crippen LogP contribution in [0.3, 0.4) is 0 Å². The van der Waals surface area contributed by atoms with Crippen molar-refractivity contribution in [3.8, 4) is 28.5 Å². The highest BCUT2D eigenvalue weighted by atomic mass is 19.1. The van der Waals surface area contributed by atoms with Crippen molar-refractivity contribution >= 4 is 16.9 Å². The minimum atomic E-state index is -0.460. The molecule has 32 heavy (non-hydrogen) atoms. The Morgan fingerprint density at radius 3 is 2.78 bits per heavy atom. The highest BCUT2D eigenvalue weighted by Gasteiger charge is 2.19. The molecule has 1 amide bonds. The number of H-pyrrole nitrogens is 1. The Labute approximate surface area is 183 Å². The van der Waals surface area contributed by atoms with E-state index in [0.29, 0.717) is 54.2 Å². The standard InChI is InChI=1S/C24H18FN5O2/c25-21-5-4-15(13-26)10-19(21)22-20-12-18(14-27-23(20)29-28-22)16-2-1-3-17(11-16)24(31)30-6-8-32-9-7-30/h1-5,10-12,14H,6-9H2,(H,27,28,29). The molecule has 1 aliphatic heterocycles. The van der Waals surface area contributed by atoms with Crippen LogP contribution in [0.5, 0.6) is 0 Å². The molecule has 7 nitrogen and oxygen atoms in total. The summed E-state index contributed by atoms with van der Waals surface area (Å²) in [5.41, 5.74) is 3.66. The molecule has 0 unspecified atom stereocenters. The van der Waals surface area contributed by atoms with Gasteiger partial charge in [-0.15, -0.1) is 0 Å². The lowest BCUT2D eigenvalue weighted by molar-refractivity contribution is 0.0303. The maximum Gasteiger partial charge on any atom is 0.254 e. The number of nitrogens with zero attached hydrogens (tertiary/aromatic N) is 4. The number of aromatic amines is 1. The molecule has 1 saturated heterocycles. The number of halogens is 1. The zero-order chi connectivity index (χ0) is 22.1. The van der Waals surface area contributed by atoms with Gasteiger partial charge in [-0.3, -0.25) is 9.89 Å². The average Bonchev–Trinajstić information content (AvgIpc) is 3.27. The molecular formula is C24H18FN5O2. The van der Waals surface area contributed by atoms with Crippen molar-refractivity contribution in [1.82, 2.24) is 20.1 Å². The molecule has 0 saturated carbocycles. The molecular weight excluding hydrogens is 409 g/mol. The van der Waals surface area contributed by atoms with Crippen LogP contribution in [0.25, 0.3) is 33.4 Å². The van der Waals surface area contributed by atoms with Crippen LogP contribution in [0.2, 0.25) is 0 Å². The summed E-state index contributed by atoms with van der Waals surface area (Å²) in [4.78, 5) is 19.0. The van der Waals surface area contributed by atoms with E-state index in [2.05, 4.69) is 15.2 Å². The predicted molar refractivity (Wildman–Crippen MR) is 116 cm³/mol. The summed E-state index contributed by atoms with van der Waals surface area (Å²) in [6.45, 7) is 2.22. The molecule has 0 radical (unpaired) electrons. The molecule has 1 N–H and O–H groups in total. The number of rotatable bonds is 3. The fourth-order valence-electron chi connectivity index (χ4n) is 3.83. The maximum atomic E-state index is 14.5. The topological polar surface area (TPSA) is 94.9 Å². The first-order chi connectivity index (χ1) is 15.6. The van der Waals surface area contributed by atoms with E-state index in [1.165, 1.54) is 18.2 Å². The number of fused-ring (bicyclic) bond motifs is 1. The maximum absolute atomic E-state index is 14.5. The summed E-state index contributed by atoms with van der Waals surface area (Å²) in [6.07, 6.45) is 1.67. The van der Waals surface area contributed by atoms with E-state index >= 15 is 0 Å². The molecule has 0 atom stereocenters. The molecule has 1 fully saturated rings. The molecule has 2 aromatic carbocycles. The number of pyridine rings is 1. The normalized spacial score (nSPS) is 13.8. The third-order valence-electron chi connectivity index (χ3n) is 5.52. The van der Waals surface area contributed by atoms with Gasteiger partial charge >= 0.3 is 0 Å². The number of hydrogen-bond acceptors (Lipinski definition) is 5. The van der Waals surface area contributed by atoms with Gasteiger partial charge in [-0.05, 0) is 42.0 Å². The summed E-state index contributed by atoms with van der Waals surface area (Å²) in [7, 11) is 0. The van der Waals surface area contributed by atoms with E-state index < -0.39 is 5.82 Å². The highest BCUT2D eigenvalue weighted by Crippen LogP contribution is 2.31. The fourth-order valence-corrected chi connectivity index (χ4v) is 3.83. The molecule has 8 heteroatoms. The fraction of sp³-hybridized carbons (Fsp3) is 0.167. The van der Waals surface area contributed by atoms with Gasteiger partial charge in [0.1, 0.15) is 5.82 Å². The van der Waals surface area contributed by atoms with Crippen LogP contribution >= 0.6 is 0 Å². The summed E-state index contributed by atoms with van der Waals surface area (Å²) in [6, 6.07) is 15.4. The van der Waals surface area contributed by atoms with Crippen molar-refractivity contribution in [2.75, 3.05) is 26.3 Å². The number of benzene rings is 2. The predicted octanol–water partition coefficient (Wildman–Crippen LogP) is 3.78. The van der Waals surface area contributed by atoms with Crippen LogP contribution in [0, 0.1) is 17.1 Å². The number of amides is 1. The van der Waals surface area contributed by atoms with Crippen molar-refractivity contribution < 1.29 is 13.9 Å². The molecule has 0 bridgehead atoms. The molecule has 0 aliphatic carbocycles. The van der Waals surface area contributed by atoms with Gasteiger partial charge in [0.25, 0.3) is 5.91 Å². The zero-order valence-corrected chi connectivity index (χ0v) is 17.0. The Balaban J connectivity index is 1.54. The number of carbonyl (C=O) groups is 1. The molecule has 4 aromatic rings. The van der Waals surface area contributed by atoms with Crippen LogP contribution in [-0.2, 0) is 4.74 Å². The van der Waals surface area contributed by atoms with Crippen LogP contribution in [0.4, 0.5) is 4.39 Å². The van der Waals surface area contributed by atoms with Crippen LogP contribution in [-0.4, -0.2) is 52.3 Å². The third kappa shape index (κ3) is 3.59. The van der Waals surface area contributed by atoms with Gasteiger partial charge in [-0.1, -0.05) is 12.1 Å². The molecule has 3 heterocycles. The Bertz CT molecular complexity index is 1370. The van der Waals surface area contributed by atoms with E-state index in [4.69, 9.17) is 4.74 Å². The van der Waals surface area contributed by atoms with Gasteiger partial charge in [0.2, 0.25) is 0 Å². The summed E-state index contributed by atoms with van der Waals surface area (Å²) >= 11 is 0. The molecule has 0 spiro atoms. The second-order valence-electron chi connectivity index (χ2n) is 7.49. The van der Waals surface area contributed by atoms with E-state index in [-0.39, 0.29) is 11.5 Å². The van der Waals surface area contributed by atoms with E-state index in [9.17, 15) is 14.4 Å². The number of ether oxygens (including phenoxy) is 1. The summed E-state index contributed by atoms with van der Waals surface area (Å²) in [5.74, 6) is -0.498. The molecule has 2 aromatic heterocycles.